The van der Waals surface area contributed by atoms with E-state index >= 15 is 0 Å². The van der Waals surface area contributed by atoms with Crippen LogP contribution in [0.25, 0.3) is 16.7 Å². The van der Waals surface area contributed by atoms with Crippen LogP contribution in [-0.2, 0) is 12.4 Å². The fraction of sp³-hybridized carbons (Fsp3) is 0.167. The lowest BCUT2D eigenvalue weighted by molar-refractivity contribution is 0.414. The lowest BCUT2D eigenvalue weighted by Crippen LogP contribution is -2.24. The normalized spacial score (nSPS) is 11.3. The highest BCUT2D eigenvalue weighted by atomic mass is 35.5. The van der Waals surface area contributed by atoms with Crippen LogP contribution in [0, 0.1) is 0 Å². The Morgan fingerprint density at radius 2 is 1.84 bits per heavy atom. The van der Waals surface area contributed by atoms with E-state index in [0.717, 1.165) is 16.8 Å². The van der Waals surface area contributed by atoms with Gasteiger partial charge in [0.05, 0.1) is 30.4 Å². The van der Waals surface area contributed by atoms with Crippen LogP contribution in [0.4, 0.5) is 0 Å². The van der Waals surface area contributed by atoms with Gasteiger partial charge in [0.2, 0.25) is 5.78 Å². The predicted molar refractivity (Wildman–Crippen MR) is 96.4 cm³/mol. The Morgan fingerprint density at radius 1 is 1.08 bits per heavy atom. The minimum atomic E-state index is -0.104. The van der Waals surface area contributed by atoms with E-state index in [1.165, 1.54) is 0 Å². The van der Waals surface area contributed by atoms with Gasteiger partial charge in [0, 0.05) is 0 Å². The molecule has 2 aromatic carbocycles. The first-order chi connectivity index (χ1) is 12.2. The second-order valence-electron chi connectivity index (χ2n) is 5.64. The number of hydrogen-bond donors (Lipinski definition) is 0. The number of fused-ring (bicyclic) bond motifs is 3. The third-order valence-corrected chi connectivity index (χ3v) is 4.43. The summed E-state index contributed by atoms with van der Waals surface area (Å²) in [5, 5.41) is 8.94. The van der Waals surface area contributed by atoms with E-state index in [-0.39, 0.29) is 11.4 Å². The topological polar surface area (TPSA) is 61.4 Å². The second-order valence-corrected chi connectivity index (χ2v) is 5.91. The number of methoxy groups -OCH3 is 1. The van der Waals surface area contributed by atoms with E-state index in [9.17, 15) is 4.79 Å². The summed E-state index contributed by atoms with van der Waals surface area (Å²) < 4.78 is 8.64. The Labute approximate surface area is 148 Å². The summed E-state index contributed by atoms with van der Waals surface area (Å²) in [5.74, 6) is 2.07. The number of ether oxygens (including phenoxy) is 1. The minimum absolute atomic E-state index is 0.104. The molecule has 4 aromatic rings. The fourth-order valence-electron chi connectivity index (χ4n) is 2.96. The molecule has 2 aromatic heterocycles. The zero-order chi connectivity index (χ0) is 17.4. The molecule has 0 saturated carbocycles. The van der Waals surface area contributed by atoms with Crippen LogP contribution in [0.1, 0.15) is 11.4 Å². The Balaban J connectivity index is 1.96. The average molecular weight is 355 g/mol. The van der Waals surface area contributed by atoms with E-state index in [0.29, 0.717) is 23.5 Å². The lowest BCUT2D eigenvalue weighted by atomic mass is 10.2. The molecule has 4 rings (SSSR count). The minimum Gasteiger partial charge on any atom is -0.497 e. The molecule has 0 saturated heterocycles. The highest BCUT2D eigenvalue weighted by molar-refractivity contribution is 6.16. The Morgan fingerprint density at radius 3 is 2.56 bits per heavy atom. The Kier molecular flexibility index (Phi) is 3.89. The summed E-state index contributed by atoms with van der Waals surface area (Å²) >= 11 is 6.01. The number of benzene rings is 2. The van der Waals surface area contributed by atoms with Gasteiger partial charge in [-0.1, -0.05) is 24.3 Å². The van der Waals surface area contributed by atoms with Crippen molar-refractivity contribution in [3.63, 3.8) is 0 Å². The highest BCUT2D eigenvalue weighted by Gasteiger charge is 2.16. The SMILES string of the molecule is COc1ccc(Cn2c(=O)c3ccccc3n3c(CCl)nnc23)cc1. The molecule has 0 atom stereocenters. The van der Waals surface area contributed by atoms with Crippen molar-refractivity contribution in [2.75, 3.05) is 7.11 Å². The van der Waals surface area contributed by atoms with Crippen LogP contribution in [0.2, 0.25) is 0 Å². The Bertz CT molecular complexity index is 1120. The third kappa shape index (κ3) is 2.55. The Hall–Kier alpha value is -2.86. The molecule has 0 aliphatic carbocycles. The second kappa shape index (κ2) is 6.22. The molecule has 6 nitrogen and oxygen atoms in total. The van der Waals surface area contributed by atoms with Crippen LogP contribution in [0.15, 0.2) is 53.3 Å². The van der Waals surface area contributed by atoms with E-state index < -0.39 is 0 Å². The maximum absolute atomic E-state index is 13.0. The first-order valence-corrected chi connectivity index (χ1v) is 8.31. The van der Waals surface area contributed by atoms with Crippen molar-refractivity contribution < 1.29 is 4.74 Å². The first-order valence-electron chi connectivity index (χ1n) is 7.77. The van der Waals surface area contributed by atoms with Crippen molar-refractivity contribution in [3.05, 3.63) is 70.3 Å². The number of alkyl halides is 1. The van der Waals surface area contributed by atoms with Gasteiger partial charge in [0.1, 0.15) is 5.75 Å². The fourth-order valence-corrected chi connectivity index (χ4v) is 3.13. The van der Waals surface area contributed by atoms with Crippen molar-refractivity contribution in [1.29, 1.82) is 0 Å². The monoisotopic (exact) mass is 354 g/mol. The summed E-state index contributed by atoms with van der Waals surface area (Å²) in [5.41, 5.74) is 1.62. The number of aromatic nitrogens is 4. The van der Waals surface area contributed by atoms with Crippen LogP contribution in [-0.4, -0.2) is 26.3 Å². The number of nitrogens with zero attached hydrogens (tertiary/aromatic N) is 4. The van der Waals surface area contributed by atoms with Crippen LogP contribution >= 0.6 is 11.6 Å². The van der Waals surface area contributed by atoms with Crippen molar-refractivity contribution in [3.8, 4) is 5.75 Å². The quantitative estimate of drug-likeness (QED) is 0.529. The van der Waals surface area contributed by atoms with E-state index in [2.05, 4.69) is 10.2 Å². The maximum atomic E-state index is 13.0. The number of halogens is 1. The molecule has 0 spiro atoms. The van der Waals surface area contributed by atoms with Crippen LogP contribution < -0.4 is 10.3 Å². The van der Waals surface area contributed by atoms with Crippen molar-refractivity contribution in [2.24, 2.45) is 0 Å². The molecule has 0 amide bonds. The standard InChI is InChI=1S/C18H15ClN4O2/c1-25-13-8-6-12(7-9-13)11-22-17(24)14-4-2-3-5-15(14)23-16(10-19)20-21-18(22)23/h2-9H,10-11H2,1H3. The molecule has 0 fully saturated rings. The highest BCUT2D eigenvalue weighted by Crippen LogP contribution is 2.17. The molecular weight excluding hydrogens is 340 g/mol. The summed E-state index contributed by atoms with van der Waals surface area (Å²) in [6.45, 7) is 0.386. The molecule has 2 heterocycles. The summed E-state index contributed by atoms with van der Waals surface area (Å²) in [7, 11) is 1.62. The number of rotatable bonds is 4. The van der Waals surface area contributed by atoms with Gasteiger partial charge in [0.15, 0.2) is 5.82 Å². The van der Waals surface area contributed by atoms with Crippen LogP contribution in [0.5, 0.6) is 5.75 Å². The predicted octanol–water partition coefficient (Wildman–Crippen LogP) is 2.84. The molecular formula is C18H15ClN4O2. The number of hydrogen-bond acceptors (Lipinski definition) is 4. The molecule has 0 aliphatic heterocycles. The maximum Gasteiger partial charge on any atom is 0.263 e. The largest absolute Gasteiger partial charge is 0.497 e. The summed E-state index contributed by atoms with van der Waals surface area (Å²) in [4.78, 5) is 13.0. The molecule has 7 heteroatoms. The molecule has 0 N–H and O–H groups in total. The average Bonchev–Trinajstić information content (AvgIpc) is 3.10. The van der Waals surface area contributed by atoms with Gasteiger partial charge in [-0.05, 0) is 29.8 Å². The van der Waals surface area contributed by atoms with Crippen molar-refractivity contribution in [2.45, 2.75) is 12.4 Å². The third-order valence-electron chi connectivity index (χ3n) is 4.19. The molecule has 0 unspecified atom stereocenters. The molecule has 0 radical (unpaired) electrons. The summed E-state index contributed by atoms with van der Waals surface area (Å²) in [6, 6.07) is 15.0. The first kappa shape index (κ1) is 15.7. The molecule has 0 aliphatic rings. The zero-order valence-corrected chi connectivity index (χ0v) is 14.3. The van der Waals surface area contributed by atoms with Crippen LogP contribution in [0.3, 0.4) is 0 Å². The van der Waals surface area contributed by atoms with Gasteiger partial charge in [-0.2, -0.15) is 0 Å². The van der Waals surface area contributed by atoms with E-state index in [1.807, 2.05) is 46.9 Å². The lowest BCUT2D eigenvalue weighted by Gasteiger charge is -2.11. The smallest absolute Gasteiger partial charge is 0.263 e. The van der Waals surface area contributed by atoms with Gasteiger partial charge in [-0.3, -0.25) is 13.8 Å². The molecule has 126 valence electrons. The van der Waals surface area contributed by atoms with Crippen molar-refractivity contribution in [1.82, 2.24) is 19.2 Å². The van der Waals surface area contributed by atoms with Crippen molar-refractivity contribution >= 4 is 28.3 Å². The van der Waals surface area contributed by atoms with Gasteiger partial charge >= 0.3 is 0 Å². The number of para-hydroxylation sites is 1. The van der Waals surface area contributed by atoms with Gasteiger partial charge in [-0.15, -0.1) is 21.8 Å². The van der Waals surface area contributed by atoms with Gasteiger partial charge < -0.3 is 4.74 Å². The molecule has 0 bridgehead atoms. The molecule has 25 heavy (non-hydrogen) atoms. The van der Waals surface area contributed by atoms with E-state index in [4.69, 9.17) is 16.3 Å². The summed E-state index contributed by atoms with van der Waals surface area (Å²) in [6.07, 6.45) is 0. The van der Waals surface area contributed by atoms with E-state index in [1.54, 1.807) is 17.7 Å². The zero-order valence-electron chi connectivity index (χ0n) is 13.5. The van der Waals surface area contributed by atoms with Gasteiger partial charge in [-0.25, -0.2) is 0 Å². The van der Waals surface area contributed by atoms with Gasteiger partial charge in [0.25, 0.3) is 5.56 Å².